The number of halogens is 1. The van der Waals surface area contributed by atoms with Crippen LogP contribution in [0.15, 0.2) is 18.5 Å². The first kappa shape index (κ1) is 9.21. The van der Waals surface area contributed by atoms with Crippen molar-refractivity contribution in [1.82, 2.24) is 9.55 Å². The van der Waals surface area contributed by atoms with Crippen molar-refractivity contribution in [2.45, 2.75) is 6.42 Å². The molecule has 0 spiro atoms. The third-order valence-corrected chi connectivity index (χ3v) is 2.38. The van der Waals surface area contributed by atoms with E-state index in [0.717, 1.165) is 22.9 Å². The van der Waals surface area contributed by atoms with E-state index in [2.05, 4.69) is 4.98 Å². The highest BCUT2D eigenvalue weighted by atomic mass is 35.5. The highest BCUT2D eigenvalue weighted by Crippen LogP contribution is 2.22. The van der Waals surface area contributed by atoms with Crippen molar-refractivity contribution >= 4 is 28.9 Å². The Bertz CT molecular complexity index is 490. The Morgan fingerprint density at radius 3 is 3.07 bits per heavy atom. The minimum Gasteiger partial charge on any atom is -0.333 e. The number of rotatable bonds is 2. The molecule has 0 saturated carbocycles. The Morgan fingerprint density at radius 1 is 1.57 bits per heavy atom. The van der Waals surface area contributed by atoms with E-state index in [9.17, 15) is 4.79 Å². The Kier molecular flexibility index (Phi) is 2.25. The molecule has 0 fully saturated rings. The lowest BCUT2D eigenvalue weighted by Crippen LogP contribution is -1.93. The molecule has 72 valence electrons. The maximum atomic E-state index is 10.5. The Hall–Kier alpha value is -1.35. The van der Waals surface area contributed by atoms with Crippen molar-refractivity contribution in [2.24, 2.45) is 7.05 Å². The van der Waals surface area contributed by atoms with Gasteiger partial charge in [-0.05, 0) is 17.7 Å². The van der Waals surface area contributed by atoms with E-state index in [1.54, 1.807) is 18.5 Å². The molecule has 0 bridgehead atoms. The van der Waals surface area contributed by atoms with Gasteiger partial charge in [0.05, 0.1) is 17.4 Å². The maximum Gasteiger partial charge on any atom is 0.124 e. The van der Waals surface area contributed by atoms with Crippen LogP contribution in [0.1, 0.15) is 5.56 Å². The zero-order valence-electron chi connectivity index (χ0n) is 7.70. The number of hydrogen-bond donors (Lipinski definition) is 0. The van der Waals surface area contributed by atoms with Crippen molar-refractivity contribution < 1.29 is 4.79 Å². The topological polar surface area (TPSA) is 34.9 Å². The average Bonchev–Trinajstić information content (AvgIpc) is 2.48. The van der Waals surface area contributed by atoms with E-state index in [-0.39, 0.29) is 0 Å². The number of aldehydes is 1. The molecule has 0 atom stereocenters. The summed E-state index contributed by atoms with van der Waals surface area (Å²) in [6.07, 6.45) is 2.96. The van der Waals surface area contributed by atoms with Crippen LogP contribution in [-0.2, 0) is 18.3 Å². The van der Waals surface area contributed by atoms with Gasteiger partial charge in [0.15, 0.2) is 0 Å². The molecule has 3 nitrogen and oxygen atoms in total. The SMILES string of the molecule is Cn1cnc2cc(Cl)cc(CC=O)c21. The second-order valence-electron chi connectivity index (χ2n) is 3.16. The molecule has 0 aliphatic carbocycles. The second kappa shape index (κ2) is 3.42. The molecule has 0 aliphatic rings. The maximum absolute atomic E-state index is 10.5. The van der Waals surface area contributed by atoms with Gasteiger partial charge < -0.3 is 9.36 Å². The fraction of sp³-hybridized carbons (Fsp3) is 0.200. The van der Waals surface area contributed by atoms with Gasteiger partial charge in [-0.3, -0.25) is 0 Å². The van der Waals surface area contributed by atoms with Gasteiger partial charge in [-0.1, -0.05) is 11.6 Å². The molecule has 0 unspecified atom stereocenters. The highest BCUT2D eigenvalue weighted by Gasteiger charge is 2.07. The number of carbonyl (C=O) groups excluding carboxylic acids is 1. The quantitative estimate of drug-likeness (QED) is 0.708. The van der Waals surface area contributed by atoms with Crippen LogP contribution < -0.4 is 0 Å². The van der Waals surface area contributed by atoms with Gasteiger partial charge in [0, 0.05) is 18.5 Å². The van der Waals surface area contributed by atoms with Crippen molar-refractivity contribution in [2.75, 3.05) is 0 Å². The summed E-state index contributed by atoms with van der Waals surface area (Å²) in [4.78, 5) is 14.7. The summed E-state index contributed by atoms with van der Waals surface area (Å²) in [5.74, 6) is 0. The highest BCUT2D eigenvalue weighted by molar-refractivity contribution is 6.31. The van der Waals surface area contributed by atoms with Crippen molar-refractivity contribution in [3.8, 4) is 0 Å². The van der Waals surface area contributed by atoms with E-state index >= 15 is 0 Å². The van der Waals surface area contributed by atoms with Gasteiger partial charge in [0.1, 0.15) is 6.29 Å². The number of hydrogen-bond acceptors (Lipinski definition) is 2. The molecule has 1 aromatic carbocycles. The first-order chi connectivity index (χ1) is 6.72. The van der Waals surface area contributed by atoms with E-state index in [1.807, 2.05) is 11.6 Å². The average molecular weight is 209 g/mol. The van der Waals surface area contributed by atoms with Crippen LogP contribution in [0, 0.1) is 0 Å². The first-order valence-corrected chi connectivity index (χ1v) is 4.63. The molecular weight excluding hydrogens is 200 g/mol. The van der Waals surface area contributed by atoms with Gasteiger partial charge in [0.25, 0.3) is 0 Å². The largest absolute Gasteiger partial charge is 0.333 e. The predicted octanol–water partition coefficient (Wildman–Crippen LogP) is 1.97. The minimum atomic E-state index is 0.372. The van der Waals surface area contributed by atoms with Crippen molar-refractivity contribution in [3.05, 3.63) is 29.0 Å². The summed E-state index contributed by atoms with van der Waals surface area (Å²) < 4.78 is 1.89. The fourth-order valence-corrected chi connectivity index (χ4v) is 1.83. The number of carbonyl (C=O) groups is 1. The van der Waals surface area contributed by atoms with Crippen LogP contribution in [0.25, 0.3) is 11.0 Å². The zero-order valence-corrected chi connectivity index (χ0v) is 8.45. The predicted molar refractivity (Wildman–Crippen MR) is 55.5 cm³/mol. The molecule has 0 radical (unpaired) electrons. The number of imidazole rings is 1. The van der Waals surface area contributed by atoms with Crippen molar-refractivity contribution in [3.63, 3.8) is 0 Å². The summed E-state index contributed by atoms with van der Waals surface area (Å²) in [5, 5.41) is 0.619. The smallest absolute Gasteiger partial charge is 0.124 e. The molecule has 14 heavy (non-hydrogen) atoms. The molecule has 0 amide bonds. The normalized spacial score (nSPS) is 10.7. The molecule has 4 heteroatoms. The molecular formula is C10H9ClN2O. The van der Waals surface area contributed by atoms with Crippen LogP contribution in [0.4, 0.5) is 0 Å². The second-order valence-corrected chi connectivity index (χ2v) is 3.60. The van der Waals surface area contributed by atoms with Crippen LogP contribution in [0.3, 0.4) is 0 Å². The number of benzene rings is 1. The van der Waals surface area contributed by atoms with Crippen LogP contribution in [-0.4, -0.2) is 15.8 Å². The molecule has 2 rings (SSSR count). The lowest BCUT2D eigenvalue weighted by atomic mass is 10.1. The van der Waals surface area contributed by atoms with Crippen molar-refractivity contribution in [1.29, 1.82) is 0 Å². The summed E-state index contributed by atoms with van der Waals surface area (Å²) in [5.41, 5.74) is 2.72. The van der Waals surface area contributed by atoms with Gasteiger partial charge in [-0.25, -0.2) is 4.98 Å². The van der Waals surface area contributed by atoms with Gasteiger partial charge in [0.2, 0.25) is 0 Å². The molecule has 2 aromatic rings. The molecule has 1 aromatic heterocycles. The molecule has 0 aliphatic heterocycles. The van der Waals surface area contributed by atoms with Crippen LogP contribution >= 0.6 is 11.6 Å². The minimum absolute atomic E-state index is 0.372. The van der Waals surface area contributed by atoms with Crippen LogP contribution in [0.2, 0.25) is 5.02 Å². The summed E-state index contributed by atoms with van der Waals surface area (Å²) in [6, 6.07) is 3.60. The Labute approximate surface area is 86.3 Å². The zero-order chi connectivity index (χ0) is 10.1. The Balaban J connectivity index is 2.76. The number of nitrogens with zero attached hydrogens (tertiary/aromatic N) is 2. The van der Waals surface area contributed by atoms with E-state index in [1.165, 1.54) is 0 Å². The lowest BCUT2D eigenvalue weighted by molar-refractivity contribution is -0.107. The number of aromatic nitrogens is 2. The molecule has 1 heterocycles. The summed E-state index contributed by atoms with van der Waals surface area (Å²) in [6.45, 7) is 0. The summed E-state index contributed by atoms with van der Waals surface area (Å²) >= 11 is 5.90. The molecule has 0 N–H and O–H groups in total. The fourth-order valence-electron chi connectivity index (χ4n) is 1.60. The van der Waals surface area contributed by atoms with Gasteiger partial charge in [-0.2, -0.15) is 0 Å². The van der Waals surface area contributed by atoms with Crippen LogP contribution in [0.5, 0.6) is 0 Å². The van der Waals surface area contributed by atoms with Gasteiger partial charge in [-0.15, -0.1) is 0 Å². The Morgan fingerprint density at radius 2 is 2.36 bits per heavy atom. The standard InChI is InChI=1S/C10H9ClN2O/c1-13-6-12-9-5-8(11)4-7(2-3-14)10(9)13/h3-6H,2H2,1H3. The summed E-state index contributed by atoms with van der Waals surface area (Å²) in [7, 11) is 1.90. The lowest BCUT2D eigenvalue weighted by Gasteiger charge is -2.02. The first-order valence-electron chi connectivity index (χ1n) is 4.25. The number of fused-ring (bicyclic) bond motifs is 1. The third kappa shape index (κ3) is 1.40. The third-order valence-electron chi connectivity index (χ3n) is 2.16. The van der Waals surface area contributed by atoms with E-state index in [0.29, 0.717) is 11.4 Å². The molecule has 0 saturated heterocycles. The van der Waals surface area contributed by atoms with E-state index in [4.69, 9.17) is 11.6 Å². The monoisotopic (exact) mass is 208 g/mol. The number of aryl methyl sites for hydroxylation is 1. The van der Waals surface area contributed by atoms with E-state index < -0.39 is 0 Å². The van der Waals surface area contributed by atoms with Gasteiger partial charge >= 0.3 is 0 Å².